The van der Waals surface area contributed by atoms with E-state index < -0.39 is 17.6 Å². The predicted octanol–water partition coefficient (Wildman–Crippen LogP) is 4.52. The standard InChI is InChI=1S/C13H11F4N/c1-7(2)12-6-10(13(15,16)17)9-5-8(14)3-4-11(9)18-12/h3-7H,1-2H3. The van der Waals surface area contributed by atoms with Crippen LogP contribution in [0.15, 0.2) is 24.3 Å². The molecule has 96 valence electrons. The highest BCUT2D eigenvalue weighted by molar-refractivity contribution is 5.83. The molecule has 0 saturated heterocycles. The molecule has 0 aliphatic heterocycles. The zero-order chi connectivity index (χ0) is 13.5. The van der Waals surface area contributed by atoms with Crippen LogP contribution in [0, 0.1) is 5.82 Å². The number of fused-ring (bicyclic) bond motifs is 1. The molecule has 0 aliphatic rings. The molecule has 0 fully saturated rings. The minimum atomic E-state index is -4.52. The number of rotatable bonds is 1. The molecule has 0 saturated carbocycles. The van der Waals surface area contributed by atoms with Crippen molar-refractivity contribution in [1.82, 2.24) is 4.98 Å². The van der Waals surface area contributed by atoms with Crippen molar-refractivity contribution < 1.29 is 17.6 Å². The Morgan fingerprint density at radius 3 is 2.33 bits per heavy atom. The summed E-state index contributed by atoms with van der Waals surface area (Å²) in [5, 5.41) is -0.202. The molecule has 1 heterocycles. The third-order valence-electron chi connectivity index (χ3n) is 2.69. The van der Waals surface area contributed by atoms with Gasteiger partial charge in [0, 0.05) is 11.1 Å². The number of benzene rings is 1. The van der Waals surface area contributed by atoms with Crippen LogP contribution in [-0.2, 0) is 6.18 Å². The van der Waals surface area contributed by atoms with Gasteiger partial charge in [0.2, 0.25) is 0 Å². The molecule has 0 unspecified atom stereocenters. The largest absolute Gasteiger partial charge is 0.417 e. The van der Waals surface area contributed by atoms with Crippen molar-refractivity contribution in [1.29, 1.82) is 0 Å². The third kappa shape index (κ3) is 2.30. The van der Waals surface area contributed by atoms with Crippen LogP contribution in [0.3, 0.4) is 0 Å². The monoisotopic (exact) mass is 257 g/mol. The lowest BCUT2D eigenvalue weighted by Gasteiger charge is -2.14. The summed E-state index contributed by atoms with van der Waals surface area (Å²) in [5.74, 6) is -0.826. The van der Waals surface area contributed by atoms with Gasteiger partial charge in [0.1, 0.15) is 5.82 Å². The average molecular weight is 257 g/mol. The topological polar surface area (TPSA) is 12.9 Å². The van der Waals surface area contributed by atoms with E-state index in [9.17, 15) is 17.6 Å². The van der Waals surface area contributed by atoms with Crippen molar-refractivity contribution in [2.75, 3.05) is 0 Å². The van der Waals surface area contributed by atoms with Crippen LogP contribution in [0.1, 0.15) is 31.0 Å². The first kappa shape index (κ1) is 12.8. The van der Waals surface area contributed by atoms with Crippen molar-refractivity contribution in [3.63, 3.8) is 0 Å². The molecule has 2 rings (SSSR count). The Balaban J connectivity index is 2.82. The smallest absolute Gasteiger partial charge is 0.253 e. The van der Waals surface area contributed by atoms with E-state index in [1.165, 1.54) is 6.07 Å². The zero-order valence-electron chi connectivity index (χ0n) is 9.85. The minimum Gasteiger partial charge on any atom is -0.253 e. The van der Waals surface area contributed by atoms with Crippen LogP contribution in [0.2, 0.25) is 0 Å². The highest BCUT2D eigenvalue weighted by atomic mass is 19.4. The summed E-state index contributed by atoms with van der Waals surface area (Å²) in [6, 6.07) is 4.24. The van der Waals surface area contributed by atoms with E-state index in [0.29, 0.717) is 5.69 Å². The van der Waals surface area contributed by atoms with E-state index in [-0.39, 0.29) is 16.8 Å². The van der Waals surface area contributed by atoms with Gasteiger partial charge in [-0.05, 0) is 30.2 Å². The van der Waals surface area contributed by atoms with E-state index in [0.717, 1.165) is 18.2 Å². The van der Waals surface area contributed by atoms with E-state index in [1.807, 2.05) is 0 Å². The average Bonchev–Trinajstić information content (AvgIpc) is 2.26. The zero-order valence-corrected chi connectivity index (χ0v) is 9.85. The molecular formula is C13H11F4N. The van der Waals surface area contributed by atoms with Gasteiger partial charge >= 0.3 is 6.18 Å². The van der Waals surface area contributed by atoms with E-state index in [4.69, 9.17) is 0 Å². The summed E-state index contributed by atoms with van der Waals surface area (Å²) >= 11 is 0. The summed E-state index contributed by atoms with van der Waals surface area (Å²) in [6.45, 7) is 3.52. The fourth-order valence-corrected chi connectivity index (χ4v) is 1.75. The van der Waals surface area contributed by atoms with Gasteiger partial charge in [0.05, 0.1) is 11.1 Å². The summed E-state index contributed by atoms with van der Waals surface area (Å²) in [4.78, 5) is 4.12. The lowest BCUT2D eigenvalue weighted by Crippen LogP contribution is -2.09. The molecule has 0 atom stereocenters. The molecule has 1 aromatic heterocycles. The molecular weight excluding hydrogens is 246 g/mol. The molecule has 0 aliphatic carbocycles. The summed E-state index contributed by atoms with van der Waals surface area (Å²) in [6.07, 6.45) is -4.52. The lowest BCUT2D eigenvalue weighted by atomic mass is 10.0. The summed E-state index contributed by atoms with van der Waals surface area (Å²) < 4.78 is 51.9. The second-order valence-corrected chi connectivity index (χ2v) is 4.41. The fraction of sp³-hybridized carbons (Fsp3) is 0.308. The molecule has 18 heavy (non-hydrogen) atoms. The number of aromatic nitrogens is 1. The number of pyridine rings is 1. The van der Waals surface area contributed by atoms with Crippen molar-refractivity contribution in [3.05, 3.63) is 41.3 Å². The van der Waals surface area contributed by atoms with Crippen LogP contribution < -0.4 is 0 Å². The number of hydrogen-bond donors (Lipinski definition) is 0. The first-order valence-electron chi connectivity index (χ1n) is 5.46. The molecule has 0 radical (unpaired) electrons. The molecule has 0 spiro atoms. The minimum absolute atomic E-state index is 0.124. The van der Waals surface area contributed by atoms with Gasteiger partial charge in [-0.25, -0.2) is 4.39 Å². The first-order chi connectivity index (χ1) is 8.29. The van der Waals surface area contributed by atoms with E-state index in [2.05, 4.69) is 4.98 Å². The van der Waals surface area contributed by atoms with Gasteiger partial charge in [-0.3, -0.25) is 4.98 Å². The van der Waals surface area contributed by atoms with Crippen LogP contribution >= 0.6 is 0 Å². The van der Waals surface area contributed by atoms with Gasteiger partial charge in [0.25, 0.3) is 0 Å². The maximum Gasteiger partial charge on any atom is 0.417 e. The number of halogens is 4. The summed E-state index contributed by atoms with van der Waals surface area (Å²) in [5.41, 5.74) is -0.327. The normalized spacial score (nSPS) is 12.4. The third-order valence-corrected chi connectivity index (χ3v) is 2.69. The van der Waals surface area contributed by atoms with Gasteiger partial charge < -0.3 is 0 Å². The molecule has 2 aromatic rings. The molecule has 0 bridgehead atoms. The summed E-state index contributed by atoms with van der Waals surface area (Å²) in [7, 11) is 0. The highest BCUT2D eigenvalue weighted by Crippen LogP contribution is 2.36. The Bertz CT molecular complexity index is 587. The number of hydrogen-bond acceptors (Lipinski definition) is 1. The molecule has 1 aromatic carbocycles. The first-order valence-corrected chi connectivity index (χ1v) is 5.46. The van der Waals surface area contributed by atoms with E-state index >= 15 is 0 Å². The number of nitrogens with zero attached hydrogens (tertiary/aromatic N) is 1. The molecule has 0 N–H and O–H groups in total. The van der Waals surface area contributed by atoms with Gasteiger partial charge in [-0.1, -0.05) is 13.8 Å². The van der Waals surface area contributed by atoms with Crippen LogP contribution in [-0.4, -0.2) is 4.98 Å². The maximum absolute atomic E-state index is 13.1. The Kier molecular flexibility index (Phi) is 3.00. The van der Waals surface area contributed by atoms with Crippen LogP contribution in [0.25, 0.3) is 10.9 Å². The second kappa shape index (κ2) is 4.23. The molecule has 1 nitrogen and oxygen atoms in total. The van der Waals surface area contributed by atoms with Crippen molar-refractivity contribution in [3.8, 4) is 0 Å². The van der Waals surface area contributed by atoms with Crippen molar-refractivity contribution in [2.24, 2.45) is 0 Å². The quantitative estimate of drug-likeness (QED) is 0.684. The van der Waals surface area contributed by atoms with Gasteiger partial charge in [-0.15, -0.1) is 0 Å². The SMILES string of the molecule is CC(C)c1cc(C(F)(F)F)c2cc(F)ccc2n1. The molecule has 5 heteroatoms. The van der Waals surface area contributed by atoms with Crippen LogP contribution in [0.5, 0.6) is 0 Å². The predicted molar refractivity (Wildman–Crippen MR) is 60.8 cm³/mol. The molecule has 0 amide bonds. The maximum atomic E-state index is 13.1. The lowest BCUT2D eigenvalue weighted by molar-refractivity contribution is -0.136. The van der Waals surface area contributed by atoms with Gasteiger partial charge in [0.15, 0.2) is 0 Å². The van der Waals surface area contributed by atoms with E-state index in [1.54, 1.807) is 13.8 Å². The Morgan fingerprint density at radius 2 is 1.78 bits per heavy atom. The second-order valence-electron chi connectivity index (χ2n) is 4.41. The number of alkyl halides is 3. The Morgan fingerprint density at radius 1 is 1.11 bits per heavy atom. The van der Waals surface area contributed by atoms with Gasteiger partial charge in [-0.2, -0.15) is 13.2 Å². The fourth-order valence-electron chi connectivity index (χ4n) is 1.75. The highest BCUT2D eigenvalue weighted by Gasteiger charge is 2.33. The Labute approximate surface area is 101 Å². The van der Waals surface area contributed by atoms with Crippen molar-refractivity contribution >= 4 is 10.9 Å². The Hall–Kier alpha value is -1.65. The van der Waals surface area contributed by atoms with Crippen molar-refractivity contribution in [2.45, 2.75) is 25.9 Å². The van der Waals surface area contributed by atoms with Crippen LogP contribution in [0.4, 0.5) is 17.6 Å².